The smallest absolute Gasteiger partial charge is 0.330 e. The maximum Gasteiger partial charge on any atom is 0.330 e. The van der Waals surface area contributed by atoms with Gasteiger partial charge in [0.2, 0.25) is 0 Å². The first-order chi connectivity index (χ1) is 5.70. The zero-order valence-electron chi connectivity index (χ0n) is 7.25. The number of carbonyl (C=O) groups is 1. The van der Waals surface area contributed by atoms with Crippen molar-refractivity contribution < 1.29 is 14.6 Å². The van der Waals surface area contributed by atoms with Crippen LogP contribution < -0.4 is 0 Å². The SMILES string of the molecule is CC(=CCCCC1CO1)C(=O)O. The highest BCUT2D eigenvalue weighted by molar-refractivity contribution is 5.85. The summed E-state index contributed by atoms with van der Waals surface area (Å²) in [7, 11) is 0. The van der Waals surface area contributed by atoms with Gasteiger partial charge in [-0.25, -0.2) is 4.79 Å². The molecule has 0 aromatic carbocycles. The lowest BCUT2D eigenvalue weighted by molar-refractivity contribution is -0.132. The van der Waals surface area contributed by atoms with Gasteiger partial charge in [-0.15, -0.1) is 0 Å². The Morgan fingerprint density at radius 2 is 2.42 bits per heavy atom. The lowest BCUT2D eigenvalue weighted by atomic mass is 10.1. The van der Waals surface area contributed by atoms with Gasteiger partial charge in [0.15, 0.2) is 0 Å². The number of ether oxygens (including phenoxy) is 1. The van der Waals surface area contributed by atoms with E-state index in [1.165, 1.54) is 0 Å². The van der Waals surface area contributed by atoms with Gasteiger partial charge in [-0.1, -0.05) is 6.08 Å². The monoisotopic (exact) mass is 170 g/mol. The van der Waals surface area contributed by atoms with Gasteiger partial charge in [-0.3, -0.25) is 0 Å². The molecule has 0 aliphatic carbocycles. The molecule has 0 spiro atoms. The third kappa shape index (κ3) is 3.53. The molecule has 1 saturated heterocycles. The zero-order chi connectivity index (χ0) is 8.97. The maximum absolute atomic E-state index is 10.3. The summed E-state index contributed by atoms with van der Waals surface area (Å²) in [5.74, 6) is -0.822. The van der Waals surface area contributed by atoms with Crippen LogP contribution >= 0.6 is 0 Å². The Bertz CT molecular complexity index is 192. The number of carboxylic acid groups (broad SMARTS) is 1. The summed E-state index contributed by atoms with van der Waals surface area (Å²) in [6, 6.07) is 0. The number of hydrogen-bond acceptors (Lipinski definition) is 2. The van der Waals surface area contributed by atoms with Crippen LogP contribution in [0.2, 0.25) is 0 Å². The minimum Gasteiger partial charge on any atom is -0.478 e. The summed E-state index contributed by atoms with van der Waals surface area (Å²) in [6.07, 6.45) is 5.16. The van der Waals surface area contributed by atoms with Crippen LogP contribution in [-0.2, 0) is 9.53 Å². The van der Waals surface area contributed by atoms with Crippen LogP contribution in [0.1, 0.15) is 26.2 Å². The van der Waals surface area contributed by atoms with Crippen LogP contribution in [0.4, 0.5) is 0 Å². The Kier molecular flexibility index (Phi) is 3.29. The molecule has 0 amide bonds. The molecule has 0 bridgehead atoms. The summed E-state index contributed by atoms with van der Waals surface area (Å²) in [4.78, 5) is 10.3. The largest absolute Gasteiger partial charge is 0.478 e. The van der Waals surface area contributed by atoms with Crippen LogP contribution in [0.3, 0.4) is 0 Å². The van der Waals surface area contributed by atoms with E-state index in [4.69, 9.17) is 9.84 Å². The van der Waals surface area contributed by atoms with E-state index in [-0.39, 0.29) is 0 Å². The van der Waals surface area contributed by atoms with Crippen LogP contribution in [-0.4, -0.2) is 23.8 Å². The second-order valence-electron chi connectivity index (χ2n) is 3.08. The van der Waals surface area contributed by atoms with Gasteiger partial charge in [0.05, 0.1) is 12.7 Å². The highest BCUT2D eigenvalue weighted by atomic mass is 16.6. The minimum atomic E-state index is -0.822. The number of aliphatic carboxylic acids is 1. The van der Waals surface area contributed by atoms with Gasteiger partial charge in [0.1, 0.15) is 0 Å². The lowest BCUT2D eigenvalue weighted by Crippen LogP contribution is -1.95. The second-order valence-corrected chi connectivity index (χ2v) is 3.08. The van der Waals surface area contributed by atoms with Gasteiger partial charge in [0, 0.05) is 5.57 Å². The normalized spacial score (nSPS) is 22.4. The summed E-state index contributed by atoms with van der Waals surface area (Å²) < 4.78 is 5.03. The van der Waals surface area contributed by atoms with Crippen LogP contribution in [0.5, 0.6) is 0 Å². The molecule has 0 radical (unpaired) electrons. The molecule has 68 valence electrons. The van der Waals surface area contributed by atoms with Crippen molar-refractivity contribution >= 4 is 5.97 Å². The molecule has 0 aromatic rings. The first-order valence-electron chi connectivity index (χ1n) is 4.22. The van der Waals surface area contributed by atoms with Gasteiger partial charge in [0.25, 0.3) is 0 Å². The first-order valence-corrected chi connectivity index (χ1v) is 4.22. The molecule has 0 aromatic heterocycles. The maximum atomic E-state index is 10.3. The van der Waals surface area contributed by atoms with E-state index < -0.39 is 5.97 Å². The number of allylic oxidation sites excluding steroid dienone is 1. The van der Waals surface area contributed by atoms with E-state index >= 15 is 0 Å². The Labute approximate surface area is 72.0 Å². The molecular formula is C9H14O3. The molecule has 1 heterocycles. The molecule has 0 saturated carbocycles. The first kappa shape index (κ1) is 9.26. The number of rotatable bonds is 5. The molecule has 3 nitrogen and oxygen atoms in total. The molecule has 3 heteroatoms. The van der Waals surface area contributed by atoms with Crippen molar-refractivity contribution in [2.75, 3.05) is 6.61 Å². The minimum absolute atomic E-state index is 0.437. The topological polar surface area (TPSA) is 49.8 Å². The number of unbranched alkanes of at least 4 members (excludes halogenated alkanes) is 1. The Morgan fingerprint density at radius 3 is 2.92 bits per heavy atom. The van der Waals surface area contributed by atoms with Gasteiger partial charge < -0.3 is 9.84 Å². The Morgan fingerprint density at radius 1 is 1.75 bits per heavy atom. The molecular weight excluding hydrogens is 156 g/mol. The highest BCUT2D eigenvalue weighted by Crippen LogP contribution is 2.16. The van der Waals surface area contributed by atoms with E-state index in [9.17, 15) is 4.79 Å². The average molecular weight is 170 g/mol. The molecule has 1 atom stereocenters. The van der Waals surface area contributed by atoms with Gasteiger partial charge in [-0.2, -0.15) is 0 Å². The Balaban J connectivity index is 2.05. The highest BCUT2D eigenvalue weighted by Gasteiger charge is 2.20. The average Bonchev–Trinajstić information content (AvgIpc) is 2.80. The molecule has 1 N–H and O–H groups in total. The number of hydrogen-bond donors (Lipinski definition) is 1. The third-order valence-electron chi connectivity index (χ3n) is 1.92. The quantitative estimate of drug-likeness (QED) is 0.387. The number of carboxylic acids is 1. The standard InChI is InChI=1S/C9H14O3/c1-7(9(10)11)4-2-3-5-8-6-12-8/h4,8H,2-3,5-6H2,1H3,(H,10,11). The van der Waals surface area contributed by atoms with Crippen molar-refractivity contribution in [1.82, 2.24) is 0 Å². The van der Waals surface area contributed by atoms with Crippen LogP contribution in [0, 0.1) is 0 Å². The fourth-order valence-corrected chi connectivity index (χ4v) is 0.986. The molecule has 1 fully saturated rings. The molecule has 1 unspecified atom stereocenters. The summed E-state index contributed by atoms with van der Waals surface area (Å²) in [6.45, 7) is 2.51. The van der Waals surface area contributed by atoms with Gasteiger partial charge in [-0.05, 0) is 26.2 Å². The van der Waals surface area contributed by atoms with E-state index in [2.05, 4.69) is 0 Å². The predicted molar refractivity (Wildman–Crippen MR) is 45.0 cm³/mol. The second kappa shape index (κ2) is 4.26. The van der Waals surface area contributed by atoms with Crippen LogP contribution in [0.15, 0.2) is 11.6 Å². The number of epoxide rings is 1. The van der Waals surface area contributed by atoms with Crippen molar-refractivity contribution in [3.05, 3.63) is 11.6 Å². The van der Waals surface area contributed by atoms with E-state index in [1.807, 2.05) is 0 Å². The van der Waals surface area contributed by atoms with E-state index in [1.54, 1.807) is 13.0 Å². The van der Waals surface area contributed by atoms with Crippen molar-refractivity contribution in [1.29, 1.82) is 0 Å². The molecule has 12 heavy (non-hydrogen) atoms. The van der Waals surface area contributed by atoms with Crippen LogP contribution in [0.25, 0.3) is 0 Å². The fraction of sp³-hybridized carbons (Fsp3) is 0.667. The van der Waals surface area contributed by atoms with Crippen molar-refractivity contribution in [2.24, 2.45) is 0 Å². The summed E-state index contributed by atoms with van der Waals surface area (Å²) in [5.41, 5.74) is 0.437. The summed E-state index contributed by atoms with van der Waals surface area (Å²) in [5, 5.41) is 8.51. The summed E-state index contributed by atoms with van der Waals surface area (Å²) >= 11 is 0. The van der Waals surface area contributed by atoms with E-state index in [0.29, 0.717) is 11.7 Å². The molecule has 1 aliphatic heterocycles. The lowest BCUT2D eigenvalue weighted by Gasteiger charge is -1.93. The Hall–Kier alpha value is -0.830. The zero-order valence-corrected chi connectivity index (χ0v) is 7.25. The third-order valence-corrected chi connectivity index (χ3v) is 1.92. The fourth-order valence-electron chi connectivity index (χ4n) is 0.986. The predicted octanol–water partition coefficient (Wildman–Crippen LogP) is 1.59. The van der Waals surface area contributed by atoms with Crippen molar-refractivity contribution in [2.45, 2.75) is 32.3 Å². The van der Waals surface area contributed by atoms with Gasteiger partial charge >= 0.3 is 5.97 Å². The van der Waals surface area contributed by atoms with Crippen molar-refractivity contribution in [3.63, 3.8) is 0 Å². The molecule has 1 rings (SSSR count). The van der Waals surface area contributed by atoms with E-state index in [0.717, 1.165) is 25.9 Å². The molecule has 1 aliphatic rings. The van der Waals surface area contributed by atoms with Crippen molar-refractivity contribution in [3.8, 4) is 0 Å².